The fraction of sp³-hybridized carbons (Fsp3) is 0.100. The highest BCUT2D eigenvalue weighted by Crippen LogP contribution is 2.25. The van der Waals surface area contributed by atoms with E-state index in [0.717, 1.165) is 0 Å². The quantitative estimate of drug-likeness (QED) is 0.795. The molecule has 1 N–H and O–H groups in total. The summed E-state index contributed by atoms with van der Waals surface area (Å²) in [4.78, 5) is 11.8. The van der Waals surface area contributed by atoms with Gasteiger partial charge in [0.05, 0.1) is 12.7 Å². The molecule has 5 nitrogen and oxygen atoms in total. The molecule has 15 heavy (non-hydrogen) atoms. The molecule has 0 aliphatic carbocycles. The van der Waals surface area contributed by atoms with Crippen LogP contribution in [-0.4, -0.2) is 27.2 Å². The van der Waals surface area contributed by atoms with Gasteiger partial charge in [0.2, 0.25) is 0 Å². The predicted octanol–water partition coefficient (Wildman–Crippen LogP) is 1.25. The van der Waals surface area contributed by atoms with Crippen molar-refractivity contribution in [3.05, 3.63) is 30.6 Å². The average Bonchev–Trinajstić information content (AvgIpc) is 2.30. The van der Waals surface area contributed by atoms with Gasteiger partial charge in [0.25, 0.3) is 0 Å². The van der Waals surface area contributed by atoms with Crippen LogP contribution in [0.5, 0.6) is 11.8 Å². The second kappa shape index (κ2) is 3.91. The second-order valence-corrected chi connectivity index (χ2v) is 2.81. The highest BCUT2D eigenvalue weighted by Gasteiger charge is 2.07. The number of methoxy groups -OCH3 is 1. The maximum Gasteiger partial charge on any atom is 0.319 e. The maximum atomic E-state index is 9.59. The van der Waals surface area contributed by atoms with Crippen LogP contribution in [0.15, 0.2) is 30.6 Å². The molecule has 2 aromatic rings. The Hall–Kier alpha value is -2.17. The first-order valence-corrected chi connectivity index (χ1v) is 4.32. The van der Waals surface area contributed by atoms with Crippen LogP contribution in [0, 0.1) is 0 Å². The molecule has 0 unspecified atom stereocenters. The molecule has 0 bridgehead atoms. The Morgan fingerprint density at radius 3 is 2.73 bits per heavy atom. The summed E-state index contributed by atoms with van der Waals surface area (Å²) in [6, 6.07) is 7.06. The van der Waals surface area contributed by atoms with E-state index in [4.69, 9.17) is 4.74 Å². The Bertz CT molecular complexity index is 474. The lowest BCUT2D eigenvalue weighted by molar-refractivity contribution is 0.378. The van der Waals surface area contributed by atoms with Gasteiger partial charge in [-0.2, -0.15) is 9.97 Å². The number of phenolic OH excluding ortho intramolecular Hbond substituents is 1. The molecule has 0 aliphatic rings. The molecule has 1 aromatic heterocycles. The van der Waals surface area contributed by atoms with Crippen LogP contribution < -0.4 is 4.74 Å². The van der Waals surface area contributed by atoms with Crippen molar-refractivity contribution in [2.45, 2.75) is 0 Å². The number of hydrogen-bond acceptors (Lipinski definition) is 5. The summed E-state index contributed by atoms with van der Waals surface area (Å²) in [5.74, 6) is 0.519. The summed E-state index contributed by atoms with van der Waals surface area (Å²) in [7, 11) is 1.48. The van der Waals surface area contributed by atoms with E-state index in [2.05, 4.69) is 15.0 Å². The van der Waals surface area contributed by atoms with Crippen molar-refractivity contribution in [1.82, 2.24) is 15.0 Å². The molecular weight excluding hydrogens is 194 g/mol. The van der Waals surface area contributed by atoms with Gasteiger partial charge < -0.3 is 9.84 Å². The standard InChI is InChI=1S/C10H9N3O2/c1-15-10-12-6-11-9(13-10)7-4-2-3-5-8(7)14/h2-6,14H,1H3. The minimum Gasteiger partial charge on any atom is -0.507 e. The summed E-state index contributed by atoms with van der Waals surface area (Å²) in [5, 5.41) is 9.59. The lowest BCUT2D eigenvalue weighted by Gasteiger charge is -2.03. The molecule has 2 rings (SSSR count). The van der Waals surface area contributed by atoms with E-state index in [9.17, 15) is 5.11 Å². The highest BCUT2D eigenvalue weighted by atomic mass is 16.5. The van der Waals surface area contributed by atoms with Crippen LogP contribution in [0.25, 0.3) is 11.4 Å². The van der Waals surface area contributed by atoms with Crippen molar-refractivity contribution >= 4 is 0 Å². The van der Waals surface area contributed by atoms with Crippen molar-refractivity contribution in [2.75, 3.05) is 7.11 Å². The second-order valence-electron chi connectivity index (χ2n) is 2.81. The minimum absolute atomic E-state index is 0.130. The fourth-order valence-electron chi connectivity index (χ4n) is 1.17. The Balaban J connectivity index is 2.49. The lowest BCUT2D eigenvalue weighted by atomic mass is 10.2. The highest BCUT2D eigenvalue weighted by molar-refractivity contribution is 5.63. The Morgan fingerprint density at radius 2 is 2.00 bits per heavy atom. The van der Waals surface area contributed by atoms with Crippen molar-refractivity contribution in [3.63, 3.8) is 0 Å². The summed E-state index contributed by atoms with van der Waals surface area (Å²) < 4.78 is 4.87. The molecule has 0 saturated carbocycles. The van der Waals surface area contributed by atoms with E-state index < -0.39 is 0 Å². The van der Waals surface area contributed by atoms with E-state index in [1.807, 2.05) is 0 Å². The van der Waals surface area contributed by atoms with Crippen molar-refractivity contribution in [2.24, 2.45) is 0 Å². The SMILES string of the molecule is COc1ncnc(-c2ccccc2O)n1. The first kappa shape index (κ1) is 9.39. The van der Waals surface area contributed by atoms with Crippen LogP contribution in [0.1, 0.15) is 0 Å². The molecule has 0 aliphatic heterocycles. The summed E-state index contributed by atoms with van der Waals surface area (Å²) in [5.41, 5.74) is 0.554. The van der Waals surface area contributed by atoms with Gasteiger partial charge in [0.1, 0.15) is 12.1 Å². The van der Waals surface area contributed by atoms with Crippen LogP contribution in [0.3, 0.4) is 0 Å². The van der Waals surface area contributed by atoms with Gasteiger partial charge in [0, 0.05) is 0 Å². The molecule has 0 amide bonds. The zero-order chi connectivity index (χ0) is 10.7. The first-order chi connectivity index (χ1) is 7.31. The third-order valence-electron chi connectivity index (χ3n) is 1.88. The van der Waals surface area contributed by atoms with Crippen LogP contribution in [0.2, 0.25) is 0 Å². The molecular formula is C10H9N3O2. The average molecular weight is 203 g/mol. The Kier molecular flexibility index (Phi) is 2.45. The summed E-state index contributed by atoms with van der Waals surface area (Å²) in [6.07, 6.45) is 1.34. The molecule has 0 saturated heterocycles. The van der Waals surface area contributed by atoms with Crippen molar-refractivity contribution in [1.29, 1.82) is 0 Å². The van der Waals surface area contributed by atoms with Crippen LogP contribution >= 0.6 is 0 Å². The number of para-hydroxylation sites is 1. The summed E-state index contributed by atoms with van der Waals surface area (Å²) >= 11 is 0. The van der Waals surface area contributed by atoms with Gasteiger partial charge in [-0.15, -0.1) is 0 Å². The van der Waals surface area contributed by atoms with Gasteiger partial charge in [-0.25, -0.2) is 4.98 Å². The largest absolute Gasteiger partial charge is 0.507 e. The first-order valence-electron chi connectivity index (χ1n) is 4.32. The van der Waals surface area contributed by atoms with E-state index in [0.29, 0.717) is 11.4 Å². The van der Waals surface area contributed by atoms with Crippen molar-refractivity contribution < 1.29 is 9.84 Å². The monoisotopic (exact) mass is 203 g/mol. The molecule has 0 fully saturated rings. The third-order valence-corrected chi connectivity index (χ3v) is 1.88. The van der Waals surface area contributed by atoms with E-state index in [1.54, 1.807) is 24.3 Å². The van der Waals surface area contributed by atoms with Crippen molar-refractivity contribution in [3.8, 4) is 23.1 Å². The number of nitrogens with zero attached hydrogens (tertiary/aromatic N) is 3. The van der Waals surface area contributed by atoms with E-state index >= 15 is 0 Å². The molecule has 0 atom stereocenters. The molecule has 1 aromatic carbocycles. The number of aromatic nitrogens is 3. The molecule has 76 valence electrons. The molecule has 0 spiro atoms. The normalized spacial score (nSPS) is 9.93. The number of benzene rings is 1. The maximum absolute atomic E-state index is 9.59. The van der Waals surface area contributed by atoms with Gasteiger partial charge in [0.15, 0.2) is 5.82 Å². The van der Waals surface area contributed by atoms with Crippen LogP contribution in [-0.2, 0) is 0 Å². The fourth-order valence-corrected chi connectivity index (χ4v) is 1.17. The van der Waals surface area contributed by atoms with Gasteiger partial charge >= 0.3 is 6.01 Å². The van der Waals surface area contributed by atoms with Gasteiger partial charge in [-0.05, 0) is 12.1 Å². The van der Waals surface area contributed by atoms with Gasteiger partial charge in [-0.1, -0.05) is 12.1 Å². The third kappa shape index (κ3) is 1.85. The minimum atomic E-state index is 0.130. The predicted molar refractivity (Wildman–Crippen MR) is 53.5 cm³/mol. The van der Waals surface area contributed by atoms with Gasteiger partial charge in [-0.3, -0.25) is 0 Å². The van der Waals surface area contributed by atoms with Crippen LogP contribution in [0.4, 0.5) is 0 Å². The summed E-state index contributed by atoms with van der Waals surface area (Å²) in [6.45, 7) is 0. The smallest absolute Gasteiger partial charge is 0.319 e. The molecule has 5 heteroatoms. The van der Waals surface area contributed by atoms with E-state index in [-0.39, 0.29) is 11.8 Å². The number of ether oxygens (including phenoxy) is 1. The zero-order valence-corrected chi connectivity index (χ0v) is 8.08. The zero-order valence-electron chi connectivity index (χ0n) is 8.08. The number of aromatic hydroxyl groups is 1. The molecule has 0 radical (unpaired) electrons. The number of rotatable bonds is 2. The molecule has 1 heterocycles. The van der Waals surface area contributed by atoms with E-state index in [1.165, 1.54) is 13.4 Å². The number of hydrogen-bond donors (Lipinski definition) is 1. The topological polar surface area (TPSA) is 68.1 Å². The Labute approximate surface area is 86.4 Å². The number of phenols is 1. The Morgan fingerprint density at radius 1 is 1.20 bits per heavy atom. The lowest BCUT2D eigenvalue weighted by Crippen LogP contribution is -1.96.